The number of Topliss-reactive ketones (excluding diaryl/α,β-unsaturated/α-hetero) is 1. The number of carbonyl (C=O) groups is 3. The van der Waals surface area contributed by atoms with Crippen LogP contribution in [0.4, 0.5) is 33.7 Å². The number of urea groups is 1. The molecule has 0 radical (unpaired) electrons. The number of imide groups is 1. The number of nitrogens with zero attached hydrogens (tertiary/aromatic N) is 3. The highest BCUT2D eigenvalue weighted by Gasteiger charge is 2.53. The van der Waals surface area contributed by atoms with Gasteiger partial charge in [0, 0.05) is 12.1 Å². The van der Waals surface area contributed by atoms with Crippen LogP contribution in [0.2, 0.25) is 0 Å². The molecule has 1 heterocycles. The summed E-state index contributed by atoms with van der Waals surface area (Å²) in [5.41, 5.74) is -4.10. The molecule has 3 rings (SSSR count). The van der Waals surface area contributed by atoms with E-state index >= 15 is 0 Å². The second-order valence-electron chi connectivity index (χ2n) is 7.60. The number of hydrogen-bond acceptors (Lipinski definition) is 4. The maximum atomic E-state index is 14.5. The maximum Gasteiger partial charge on any atom is 0.417 e. The first kappa shape index (κ1) is 22.9. The van der Waals surface area contributed by atoms with Gasteiger partial charge in [-0.15, -0.1) is 0 Å². The SMILES string of the molecule is CCC(=O)c1ccc(N2C(=O)N(c3ccc(C#N)c(C(F)(F)F)c3)C(=O)C2(C)C)cc1F. The fourth-order valence-electron chi connectivity index (χ4n) is 3.52. The third-order valence-electron chi connectivity index (χ3n) is 5.19. The topological polar surface area (TPSA) is 81.5 Å². The van der Waals surface area contributed by atoms with Gasteiger partial charge in [0.25, 0.3) is 5.91 Å². The molecule has 1 aliphatic heterocycles. The van der Waals surface area contributed by atoms with Crippen LogP contribution >= 0.6 is 0 Å². The van der Waals surface area contributed by atoms with Gasteiger partial charge in [0.15, 0.2) is 5.78 Å². The Bertz CT molecular complexity index is 1180. The van der Waals surface area contributed by atoms with E-state index in [1.54, 1.807) is 6.92 Å². The third-order valence-corrected chi connectivity index (χ3v) is 5.19. The highest BCUT2D eigenvalue weighted by atomic mass is 19.4. The van der Waals surface area contributed by atoms with E-state index in [2.05, 4.69) is 0 Å². The molecule has 0 aliphatic carbocycles. The van der Waals surface area contributed by atoms with Crippen LogP contribution in [0, 0.1) is 17.1 Å². The Morgan fingerprint density at radius 3 is 2.25 bits per heavy atom. The molecule has 0 atom stereocenters. The van der Waals surface area contributed by atoms with Crippen LogP contribution in [0.5, 0.6) is 0 Å². The molecule has 1 aliphatic rings. The molecular weight excluding hydrogens is 430 g/mol. The fraction of sp³-hybridized carbons (Fsp3) is 0.273. The van der Waals surface area contributed by atoms with Crippen LogP contribution in [0.3, 0.4) is 0 Å². The lowest BCUT2D eigenvalue weighted by Crippen LogP contribution is -2.44. The summed E-state index contributed by atoms with van der Waals surface area (Å²) in [4.78, 5) is 39.5. The van der Waals surface area contributed by atoms with Gasteiger partial charge >= 0.3 is 12.2 Å². The van der Waals surface area contributed by atoms with Crippen LogP contribution in [-0.2, 0) is 11.0 Å². The van der Waals surface area contributed by atoms with Gasteiger partial charge < -0.3 is 0 Å². The predicted octanol–water partition coefficient (Wildman–Crippen LogP) is 5.06. The molecule has 3 amide bonds. The van der Waals surface area contributed by atoms with Crippen molar-refractivity contribution in [2.24, 2.45) is 0 Å². The first-order valence-electron chi connectivity index (χ1n) is 9.47. The summed E-state index contributed by atoms with van der Waals surface area (Å²) >= 11 is 0. The van der Waals surface area contributed by atoms with E-state index in [0.717, 1.165) is 23.1 Å². The lowest BCUT2D eigenvalue weighted by Gasteiger charge is -2.27. The molecule has 0 bridgehead atoms. The molecule has 10 heteroatoms. The van der Waals surface area contributed by atoms with E-state index in [0.29, 0.717) is 11.0 Å². The molecule has 6 nitrogen and oxygen atoms in total. The lowest BCUT2D eigenvalue weighted by atomic mass is 10.0. The number of nitriles is 1. The van der Waals surface area contributed by atoms with E-state index in [1.165, 1.54) is 32.0 Å². The highest BCUT2D eigenvalue weighted by molar-refractivity contribution is 6.30. The summed E-state index contributed by atoms with van der Waals surface area (Å²) in [6, 6.07) is 6.34. The van der Waals surface area contributed by atoms with Crippen molar-refractivity contribution in [3.63, 3.8) is 0 Å². The highest BCUT2D eigenvalue weighted by Crippen LogP contribution is 2.39. The number of amides is 3. The Kier molecular flexibility index (Phi) is 5.55. The summed E-state index contributed by atoms with van der Waals surface area (Å²) < 4.78 is 54.5. The fourth-order valence-corrected chi connectivity index (χ4v) is 3.52. The zero-order chi connectivity index (χ0) is 24.0. The van der Waals surface area contributed by atoms with Gasteiger partial charge in [-0.3, -0.25) is 14.5 Å². The molecule has 32 heavy (non-hydrogen) atoms. The number of anilines is 2. The molecule has 166 valence electrons. The van der Waals surface area contributed by atoms with Crippen LogP contribution in [-0.4, -0.2) is 23.3 Å². The average molecular weight is 447 g/mol. The molecule has 0 spiro atoms. The molecule has 1 fully saturated rings. The molecule has 0 aromatic heterocycles. The van der Waals surface area contributed by atoms with Gasteiger partial charge in [-0.25, -0.2) is 14.1 Å². The monoisotopic (exact) mass is 447 g/mol. The van der Waals surface area contributed by atoms with E-state index in [-0.39, 0.29) is 23.4 Å². The van der Waals surface area contributed by atoms with Crippen molar-refractivity contribution in [3.8, 4) is 6.07 Å². The second kappa shape index (κ2) is 7.75. The van der Waals surface area contributed by atoms with Crippen LogP contribution in [0.15, 0.2) is 36.4 Å². The van der Waals surface area contributed by atoms with E-state index < -0.39 is 46.4 Å². The number of alkyl halides is 3. The molecule has 2 aromatic rings. The van der Waals surface area contributed by atoms with E-state index in [9.17, 15) is 31.9 Å². The Hall–Kier alpha value is -3.74. The summed E-state index contributed by atoms with van der Waals surface area (Å²) in [6.45, 7) is 4.29. The summed E-state index contributed by atoms with van der Waals surface area (Å²) in [7, 11) is 0. The van der Waals surface area contributed by atoms with E-state index in [4.69, 9.17) is 5.26 Å². The van der Waals surface area contributed by atoms with Crippen molar-refractivity contribution in [3.05, 3.63) is 58.9 Å². The number of carbonyl (C=O) groups excluding carboxylic acids is 3. The molecular formula is C22H17F4N3O3. The first-order chi connectivity index (χ1) is 14.8. The summed E-state index contributed by atoms with van der Waals surface area (Å²) in [5.74, 6) is -2.17. The van der Waals surface area contributed by atoms with Gasteiger partial charge in [0.2, 0.25) is 0 Å². The van der Waals surface area contributed by atoms with Gasteiger partial charge in [0.05, 0.1) is 28.4 Å². The number of benzene rings is 2. The number of ketones is 1. The zero-order valence-corrected chi connectivity index (χ0v) is 17.2. The smallest absolute Gasteiger partial charge is 0.294 e. The molecule has 2 aromatic carbocycles. The zero-order valence-electron chi connectivity index (χ0n) is 17.2. The predicted molar refractivity (Wildman–Crippen MR) is 107 cm³/mol. The number of rotatable bonds is 4. The minimum absolute atomic E-state index is 0.0364. The third kappa shape index (κ3) is 3.60. The first-order valence-corrected chi connectivity index (χ1v) is 9.47. The van der Waals surface area contributed by atoms with Crippen LogP contribution in [0.1, 0.15) is 48.7 Å². The maximum absolute atomic E-state index is 14.5. The minimum atomic E-state index is -4.88. The number of halogens is 4. The van der Waals surface area contributed by atoms with Crippen molar-refractivity contribution < 1.29 is 31.9 Å². The molecule has 0 unspecified atom stereocenters. The number of hydrogen-bond donors (Lipinski definition) is 0. The molecule has 0 N–H and O–H groups in total. The van der Waals surface area contributed by atoms with E-state index in [1.807, 2.05) is 0 Å². The van der Waals surface area contributed by atoms with Crippen LogP contribution < -0.4 is 9.80 Å². The van der Waals surface area contributed by atoms with Crippen molar-refractivity contribution in [1.82, 2.24) is 0 Å². The quantitative estimate of drug-likeness (QED) is 0.373. The average Bonchev–Trinajstić information content (AvgIpc) is 2.90. The Morgan fingerprint density at radius 2 is 1.72 bits per heavy atom. The molecule has 0 saturated carbocycles. The summed E-state index contributed by atoms with van der Waals surface area (Å²) in [5, 5.41) is 8.96. The standard InChI is InChI=1S/C22H17F4N3O3/c1-4-18(30)15-8-7-14(10-17(15)23)29-20(32)28(19(31)21(29,2)3)13-6-5-12(11-27)16(9-13)22(24,25)26/h5-10H,4H2,1-3H3. The van der Waals surface area contributed by atoms with Gasteiger partial charge in [-0.2, -0.15) is 18.4 Å². The Labute approximate surface area is 180 Å². The lowest BCUT2D eigenvalue weighted by molar-refractivity contribution is -0.137. The van der Waals surface area contributed by atoms with Gasteiger partial charge in [0.1, 0.15) is 11.4 Å². The van der Waals surface area contributed by atoms with Gasteiger partial charge in [-0.05, 0) is 50.2 Å². The normalized spacial score (nSPS) is 15.8. The molecule has 1 saturated heterocycles. The Morgan fingerprint density at radius 1 is 1.09 bits per heavy atom. The Balaban J connectivity index is 2.10. The van der Waals surface area contributed by atoms with Crippen LogP contribution in [0.25, 0.3) is 0 Å². The van der Waals surface area contributed by atoms with Crippen molar-refractivity contribution in [2.45, 2.75) is 38.9 Å². The minimum Gasteiger partial charge on any atom is -0.294 e. The van der Waals surface area contributed by atoms with Crippen molar-refractivity contribution in [2.75, 3.05) is 9.80 Å². The van der Waals surface area contributed by atoms with Crippen molar-refractivity contribution in [1.29, 1.82) is 5.26 Å². The largest absolute Gasteiger partial charge is 0.417 e. The second-order valence-corrected chi connectivity index (χ2v) is 7.60. The van der Waals surface area contributed by atoms with Crippen molar-refractivity contribution >= 4 is 29.1 Å². The van der Waals surface area contributed by atoms with Gasteiger partial charge in [-0.1, -0.05) is 6.92 Å². The summed E-state index contributed by atoms with van der Waals surface area (Å²) in [6.07, 6.45) is -4.82.